The van der Waals surface area contributed by atoms with E-state index in [0.29, 0.717) is 6.54 Å². The highest BCUT2D eigenvalue weighted by molar-refractivity contribution is 5.89. The molecule has 2 N–H and O–H groups in total. The van der Waals surface area contributed by atoms with Crippen LogP contribution in [0.1, 0.15) is 11.1 Å². The summed E-state index contributed by atoms with van der Waals surface area (Å²) in [4.78, 5) is 10.0. The lowest BCUT2D eigenvalue weighted by atomic mass is 10.1. The number of guanidine groups is 1. The van der Waals surface area contributed by atoms with Crippen LogP contribution < -0.4 is 10.1 Å². The molecule has 136 valence electrons. The predicted molar refractivity (Wildman–Crippen MR) is 108 cm³/mol. The zero-order valence-electron chi connectivity index (χ0n) is 15.6. The van der Waals surface area contributed by atoms with Gasteiger partial charge in [0.05, 0.1) is 13.7 Å². The standard InChI is InChI=1S/C21H26N4O/c1-25(2)21(24-14-16-8-5-4-6-9-16)22-13-12-17-15-23-18-10-7-11-19(26-3)20(17)18/h4-11,15,23H,12-14H2,1-3H3,(H,22,24). The Morgan fingerprint density at radius 3 is 2.65 bits per heavy atom. The SMILES string of the molecule is COc1cccc2[nH]cc(CCNC(=NCc3ccccc3)N(C)C)c12. The molecule has 0 unspecified atom stereocenters. The number of aromatic amines is 1. The zero-order chi connectivity index (χ0) is 18.4. The van der Waals surface area contributed by atoms with Gasteiger partial charge >= 0.3 is 0 Å². The van der Waals surface area contributed by atoms with Crippen molar-refractivity contribution in [2.24, 2.45) is 4.99 Å². The summed E-state index contributed by atoms with van der Waals surface area (Å²) in [5, 5.41) is 4.61. The van der Waals surface area contributed by atoms with Crippen LogP contribution in [0.3, 0.4) is 0 Å². The third-order valence-corrected chi connectivity index (χ3v) is 4.32. The second-order valence-corrected chi connectivity index (χ2v) is 6.39. The Morgan fingerprint density at radius 2 is 1.92 bits per heavy atom. The molecule has 0 amide bonds. The largest absolute Gasteiger partial charge is 0.496 e. The molecule has 0 bridgehead atoms. The Labute approximate surface area is 154 Å². The summed E-state index contributed by atoms with van der Waals surface area (Å²) in [5.74, 6) is 1.80. The summed E-state index contributed by atoms with van der Waals surface area (Å²) in [6.07, 6.45) is 2.95. The smallest absolute Gasteiger partial charge is 0.193 e. The van der Waals surface area contributed by atoms with Gasteiger partial charge in [-0.05, 0) is 29.7 Å². The van der Waals surface area contributed by atoms with Gasteiger partial charge in [0, 0.05) is 37.7 Å². The van der Waals surface area contributed by atoms with Crippen LogP contribution in [0.25, 0.3) is 10.9 Å². The van der Waals surface area contributed by atoms with Crippen LogP contribution in [-0.4, -0.2) is 43.6 Å². The van der Waals surface area contributed by atoms with E-state index in [2.05, 4.69) is 34.7 Å². The number of nitrogens with zero attached hydrogens (tertiary/aromatic N) is 2. The molecular weight excluding hydrogens is 324 g/mol. The number of aromatic nitrogens is 1. The van der Waals surface area contributed by atoms with Gasteiger partial charge in [-0.3, -0.25) is 0 Å². The van der Waals surface area contributed by atoms with Gasteiger partial charge in [-0.25, -0.2) is 4.99 Å². The van der Waals surface area contributed by atoms with Crippen molar-refractivity contribution in [3.8, 4) is 5.75 Å². The van der Waals surface area contributed by atoms with Gasteiger partial charge in [0.15, 0.2) is 5.96 Å². The lowest BCUT2D eigenvalue weighted by Gasteiger charge is -2.17. The Hall–Kier alpha value is -2.95. The van der Waals surface area contributed by atoms with Gasteiger partial charge in [0.1, 0.15) is 5.75 Å². The second-order valence-electron chi connectivity index (χ2n) is 6.39. The van der Waals surface area contributed by atoms with Crippen molar-refractivity contribution in [2.75, 3.05) is 27.7 Å². The molecule has 0 radical (unpaired) electrons. The molecule has 5 nitrogen and oxygen atoms in total. The van der Waals surface area contributed by atoms with Gasteiger partial charge in [-0.1, -0.05) is 36.4 Å². The fraction of sp³-hybridized carbons (Fsp3) is 0.286. The molecule has 1 heterocycles. The quantitative estimate of drug-likeness (QED) is 0.529. The zero-order valence-corrected chi connectivity index (χ0v) is 15.6. The third kappa shape index (κ3) is 4.17. The van der Waals surface area contributed by atoms with Crippen molar-refractivity contribution in [3.05, 3.63) is 65.9 Å². The van der Waals surface area contributed by atoms with E-state index in [1.165, 1.54) is 11.1 Å². The molecule has 0 aliphatic carbocycles. The predicted octanol–water partition coefficient (Wildman–Crippen LogP) is 3.43. The topological polar surface area (TPSA) is 52.6 Å². The van der Waals surface area contributed by atoms with E-state index in [9.17, 15) is 0 Å². The molecule has 0 atom stereocenters. The van der Waals surface area contributed by atoms with Gasteiger partial charge in [0.2, 0.25) is 0 Å². The van der Waals surface area contributed by atoms with E-state index in [0.717, 1.165) is 35.6 Å². The number of H-pyrrole nitrogens is 1. The fourth-order valence-electron chi connectivity index (χ4n) is 3.00. The van der Waals surface area contributed by atoms with E-state index in [1.807, 2.05) is 49.3 Å². The number of methoxy groups -OCH3 is 1. The number of aliphatic imine (C=N–C) groups is 1. The summed E-state index contributed by atoms with van der Waals surface area (Å²) < 4.78 is 5.51. The number of hydrogen-bond donors (Lipinski definition) is 2. The monoisotopic (exact) mass is 350 g/mol. The van der Waals surface area contributed by atoms with Crippen LogP contribution in [0.5, 0.6) is 5.75 Å². The minimum absolute atomic E-state index is 0.669. The van der Waals surface area contributed by atoms with Gasteiger partial charge in [-0.15, -0.1) is 0 Å². The van der Waals surface area contributed by atoms with Crippen LogP contribution in [0.15, 0.2) is 59.7 Å². The molecule has 0 spiro atoms. The minimum Gasteiger partial charge on any atom is -0.496 e. The number of rotatable bonds is 6. The number of fused-ring (bicyclic) bond motifs is 1. The van der Waals surface area contributed by atoms with Crippen LogP contribution in [0.2, 0.25) is 0 Å². The average Bonchev–Trinajstić information content (AvgIpc) is 3.08. The van der Waals surface area contributed by atoms with Crippen molar-refractivity contribution in [1.82, 2.24) is 15.2 Å². The molecular formula is C21H26N4O. The maximum atomic E-state index is 5.51. The Balaban J connectivity index is 1.65. The van der Waals surface area contributed by atoms with Crippen molar-refractivity contribution in [3.63, 3.8) is 0 Å². The lowest BCUT2D eigenvalue weighted by Crippen LogP contribution is -2.37. The van der Waals surface area contributed by atoms with Gasteiger partial charge < -0.3 is 19.9 Å². The minimum atomic E-state index is 0.669. The Kier molecular flexibility index (Phi) is 5.79. The first-order valence-corrected chi connectivity index (χ1v) is 8.81. The summed E-state index contributed by atoms with van der Waals surface area (Å²) >= 11 is 0. The number of benzene rings is 2. The average molecular weight is 350 g/mol. The summed E-state index contributed by atoms with van der Waals surface area (Å²) in [7, 11) is 5.72. The summed E-state index contributed by atoms with van der Waals surface area (Å²) in [6.45, 7) is 1.47. The van der Waals surface area contributed by atoms with Crippen molar-refractivity contribution >= 4 is 16.9 Å². The van der Waals surface area contributed by atoms with Crippen molar-refractivity contribution in [2.45, 2.75) is 13.0 Å². The maximum absolute atomic E-state index is 5.51. The first-order valence-electron chi connectivity index (χ1n) is 8.81. The number of ether oxygens (including phenoxy) is 1. The number of nitrogens with one attached hydrogen (secondary N) is 2. The molecule has 2 aromatic carbocycles. The molecule has 0 saturated carbocycles. The first kappa shape index (κ1) is 17.9. The van der Waals surface area contributed by atoms with Crippen LogP contribution in [0, 0.1) is 0 Å². The molecule has 0 fully saturated rings. The van der Waals surface area contributed by atoms with Crippen molar-refractivity contribution < 1.29 is 4.74 Å². The molecule has 0 aliphatic heterocycles. The lowest BCUT2D eigenvalue weighted by molar-refractivity contribution is 0.419. The molecule has 3 rings (SSSR count). The second kappa shape index (κ2) is 8.43. The Bertz CT molecular complexity index is 868. The first-order chi connectivity index (χ1) is 12.7. The van der Waals surface area contributed by atoms with Gasteiger partial charge in [-0.2, -0.15) is 0 Å². The van der Waals surface area contributed by atoms with Crippen LogP contribution in [0.4, 0.5) is 0 Å². The highest BCUT2D eigenvalue weighted by atomic mass is 16.5. The van der Waals surface area contributed by atoms with Gasteiger partial charge in [0.25, 0.3) is 0 Å². The molecule has 1 aromatic heterocycles. The Morgan fingerprint density at radius 1 is 1.12 bits per heavy atom. The molecule has 5 heteroatoms. The highest BCUT2D eigenvalue weighted by Crippen LogP contribution is 2.28. The normalized spacial score (nSPS) is 11.6. The van der Waals surface area contributed by atoms with E-state index in [4.69, 9.17) is 9.73 Å². The third-order valence-electron chi connectivity index (χ3n) is 4.32. The van der Waals surface area contributed by atoms with E-state index in [-0.39, 0.29) is 0 Å². The maximum Gasteiger partial charge on any atom is 0.193 e. The van der Waals surface area contributed by atoms with Crippen LogP contribution in [-0.2, 0) is 13.0 Å². The summed E-state index contributed by atoms with van der Waals surface area (Å²) in [5.41, 5.74) is 3.55. The van der Waals surface area contributed by atoms with E-state index in [1.54, 1.807) is 7.11 Å². The fourth-order valence-corrected chi connectivity index (χ4v) is 3.00. The number of hydrogen-bond acceptors (Lipinski definition) is 2. The molecule has 0 saturated heterocycles. The molecule has 3 aromatic rings. The van der Waals surface area contributed by atoms with Crippen molar-refractivity contribution in [1.29, 1.82) is 0 Å². The van der Waals surface area contributed by atoms with E-state index >= 15 is 0 Å². The summed E-state index contributed by atoms with van der Waals surface area (Å²) in [6, 6.07) is 16.4. The van der Waals surface area contributed by atoms with Crippen LogP contribution >= 0.6 is 0 Å². The van der Waals surface area contributed by atoms with E-state index < -0.39 is 0 Å². The molecule has 0 aliphatic rings. The molecule has 26 heavy (non-hydrogen) atoms. The highest BCUT2D eigenvalue weighted by Gasteiger charge is 2.09.